The lowest BCUT2D eigenvalue weighted by molar-refractivity contribution is 0.102. The van der Waals surface area contributed by atoms with Crippen LogP contribution in [0.15, 0.2) is 77.6 Å². The van der Waals surface area contributed by atoms with Crippen molar-refractivity contribution in [2.24, 2.45) is 0 Å². The van der Waals surface area contributed by atoms with Crippen LogP contribution in [0.1, 0.15) is 10.4 Å². The summed E-state index contributed by atoms with van der Waals surface area (Å²) in [6, 6.07) is 21.0. The first-order chi connectivity index (χ1) is 15.0. The van der Waals surface area contributed by atoms with Gasteiger partial charge in [0.25, 0.3) is 11.5 Å². The second kappa shape index (κ2) is 8.63. The van der Waals surface area contributed by atoms with E-state index in [9.17, 15) is 14.7 Å². The maximum Gasteiger partial charge on any atom is 0.277 e. The molecule has 0 aliphatic rings. The number of aromatic nitrogens is 2. The van der Waals surface area contributed by atoms with Crippen LogP contribution in [0.25, 0.3) is 22.4 Å². The minimum absolute atomic E-state index is 0.0281. The van der Waals surface area contributed by atoms with Gasteiger partial charge in [-0.25, -0.2) is 5.10 Å². The van der Waals surface area contributed by atoms with Crippen molar-refractivity contribution < 1.29 is 9.90 Å². The summed E-state index contributed by atoms with van der Waals surface area (Å²) < 4.78 is 0. The van der Waals surface area contributed by atoms with E-state index in [0.717, 1.165) is 5.56 Å². The molecule has 3 N–H and O–H groups in total. The van der Waals surface area contributed by atoms with Crippen molar-refractivity contribution >= 4 is 34.8 Å². The minimum Gasteiger partial charge on any atom is -0.505 e. The molecule has 0 saturated heterocycles. The maximum atomic E-state index is 13.2. The fourth-order valence-corrected chi connectivity index (χ4v) is 3.68. The van der Waals surface area contributed by atoms with Gasteiger partial charge in [-0.15, -0.1) is 0 Å². The fraction of sp³-hybridized carbons (Fsp3) is 0. The van der Waals surface area contributed by atoms with Gasteiger partial charge in [-0.2, -0.15) is 5.10 Å². The molecule has 6 nitrogen and oxygen atoms in total. The van der Waals surface area contributed by atoms with E-state index in [1.165, 1.54) is 12.1 Å². The van der Waals surface area contributed by atoms with Gasteiger partial charge in [0.2, 0.25) is 0 Å². The van der Waals surface area contributed by atoms with E-state index in [4.69, 9.17) is 23.2 Å². The Kier molecular flexibility index (Phi) is 5.75. The molecule has 8 heteroatoms. The lowest BCUT2D eigenvalue weighted by Gasteiger charge is -2.14. The van der Waals surface area contributed by atoms with Crippen molar-refractivity contribution in [3.63, 3.8) is 0 Å². The number of aromatic amines is 1. The number of hydrogen-bond donors (Lipinski definition) is 3. The van der Waals surface area contributed by atoms with E-state index in [0.29, 0.717) is 16.8 Å². The van der Waals surface area contributed by atoms with Crippen LogP contribution < -0.4 is 10.9 Å². The topological polar surface area (TPSA) is 95.1 Å². The van der Waals surface area contributed by atoms with Crippen LogP contribution in [0.4, 0.5) is 5.69 Å². The van der Waals surface area contributed by atoms with Crippen LogP contribution in [-0.4, -0.2) is 21.2 Å². The number of phenols is 1. The molecule has 0 atom stereocenters. The summed E-state index contributed by atoms with van der Waals surface area (Å²) in [7, 11) is 0. The Labute approximate surface area is 187 Å². The first-order valence-electron chi connectivity index (χ1n) is 9.18. The normalized spacial score (nSPS) is 10.6. The van der Waals surface area contributed by atoms with Gasteiger partial charge < -0.3 is 10.4 Å². The monoisotopic (exact) mass is 451 g/mol. The number of nitrogens with zero attached hydrogens (tertiary/aromatic N) is 1. The van der Waals surface area contributed by atoms with Crippen LogP contribution in [0, 0.1) is 0 Å². The van der Waals surface area contributed by atoms with Crippen molar-refractivity contribution in [1.82, 2.24) is 10.2 Å². The van der Waals surface area contributed by atoms with E-state index in [-0.39, 0.29) is 27.0 Å². The van der Waals surface area contributed by atoms with E-state index < -0.39 is 11.5 Å². The lowest BCUT2D eigenvalue weighted by atomic mass is 9.95. The molecule has 0 bridgehead atoms. The first kappa shape index (κ1) is 20.7. The molecule has 3 aromatic carbocycles. The van der Waals surface area contributed by atoms with Crippen molar-refractivity contribution in [1.29, 1.82) is 0 Å². The first-order valence-corrected chi connectivity index (χ1v) is 9.94. The number of halogens is 2. The average molecular weight is 452 g/mol. The van der Waals surface area contributed by atoms with Gasteiger partial charge in [0.15, 0.2) is 5.75 Å². The number of benzene rings is 3. The number of aromatic hydroxyl groups is 1. The number of nitrogens with one attached hydrogen (secondary N) is 2. The summed E-state index contributed by atoms with van der Waals surface area (Å²) in [5.74, 6) is -0.961. The number of hydrogen-bond acceptors (Lipinski definition) is 4. The smallest absolute Gasteiger partial charge is 0.277 e. The summed E-state index contributed by atoms with van der Waals surface area (Å²) in [6.07, 6.45) is 0. The van der Waals surface area contributed by atoms with Gasteiger partial charge in [0.1, 0.15) is 5.56 Å². The number of H-pyrrole nitrogens is 1. The molecular formula is C23H15Cl2N3O3. The maximum absolute atomic E-state index is 13.2. The van der Waals surface area contributed by atoms with Crippen LogP contribution in [0.2, 0.25) is 10.0 Å². The highest BCUT2D eigenvalue weighted by molar-refractivity contribution is 6.37. The van der Waals surface area contributed by atoms with Crippen molar-refractivity contribution in [2.75, 3.05) is 5.32 Å². The fourth-order valence-electron chi connectivity index (χ4n) is 3.19. The minimum atomic E-state index is -0.669. The summed E-state index contributed by atoms with van der Waals surface area (Å²) in [5, 5.41) is 19.0. The molecule has 0 unspecified atom stereocenters. The number of amides is 1. The highest BCUT2D eigenvalue weighted by Crippen LogP contribution is 2.35. The molecule has 0 aliphatic heterocycles. The van der Waals surface area contributed by atoms with Crippen molar-refractivity contribution in [3.05, 3.63) is 98.8 Å². The number of phenolic OH excluding ortho intramolecular Hbond substituents is 1. The second-order valence-corrected chi connectivity index (χ2v) is 7.44. The highest BCUT2D eigenvalue weighted by atomic mass is 35.5. The Morgan fingerprint density at radius 3 is 2.03 bits per heavy atom. The lowest BCUT2D eigenvalue weighted by Crippen LogP contribution is -2.26. The number of carbonyl (C=O) groups excluding carboxylic acids is 1. The molecule has 1 aromatic heterocycles. The Hall–Kier alpha value is -3.61. The number of carbonyl (C=O) groups is 1. The third kappa shape index (κ3) is 4.17. The SMILES string of the molecule is O=C(Nc1cc(Cl)c(O)c(Cl)c1)c1c(-c2ccccc2)c(-c2ccccc2)n[nH]c1=O. The highest BCUT2D eigenvalue weighted by Gasteiger charge is 2.23. The Bertz CT molecular complexity index is 1300. The summed E-state index contributed by atoms with van der Waals surface area (Å²) in [6.45, 7) is 0. The third-order valence-corrected chi connectivity index (χ3v) is 5.17. The Balaban J connectivity index is 1.89. The molecule has 31 heavy (non-hydrogen) atoms. The predicted octanol–water partition coefficient (Wildman–Crippen LogP) is 5.37. The van der Waals surface area contributed by atoms with E-state index in [2.05, 4.69) is 15.5 Å². The molecule has 1 heterocycles. The number of anilines is 1. The van der Waals surface area contributed by atoms with Crippen LogP contribution in [-0.2, 0) is 0 Å². The van der Waals surface area contributed by atoms with Gasteiger partial charge in [-0.05, 0) is 17.7 Å². The van der Waals surface area contributed by atoms with E-state index >= 15 is 0 Å². The average Bonchev–Trinajstić information content (AvgIpc) is 2.78. The summed E-state index contributed by atoms with van der Waals surface area (Å²) in [5.41, 5.74) is 1.72. The molecular weight excluding hydrogens is 437 g/mol. The molecule has 4 aromatic rings. The summed E-state index contributed by atoms with van der Waals surface area (Å²) >= 11 is 11.9. The zero-order valence-electron chi connectivity index (χ0n) is 15.9. The molecule has 4 rings (SSSR count). The quantitative estimate of drug-likeness (QED) is 0.363. The van der Waals surface area contributed by atoms with Gasteiger partial charge in [0.05, 0.1) is 15.7 Å². The standard InChI is InChI=1S/C23H15Cl2N3O3/c24-16-11-15(12-17(25)21(16)29)26-22(30)19-18(13-7-3-1-4-8-13)20(27-28-23(19)31)14-9-5-2-6-10-14/h1-12,29H,(H,26,30)(H,28,31). The largest absolute Gasteiger partial charge is 0.505 e. The zero-order valence-corrected chi connectivity index (χ0v) is 17.4. The van der Waals surface area contributed by atoms with Crippen LogP contribution in [0.5, 0.6) is 5.75 Å². The van der Waals surface area contributed by atoms with Crippen molar-refractivity contribution in [3.8, 4) is 28.1 Å². The Morgan fingerprint density at radius 1 is 0.903 bits per heavy atom. The van der Waals surface area contributed by atoms with Gasteiger partial charge >= 0.3 is 0 Å². The van der Waals surface area contributed by atoms with Gasteiger partial charge in [0, 0.05) is 16.8 Å². The van der Waals surface area contributed by atoms with Crippen LogP contribution in [0.3, 0.4) is 0 Å². The molecule has 154 valence electrons. The van der Waals surface area contributed by atoms with Gasteiger partial charge in [-0.1, -0.05) is 83.9 Å². The van der Waals surface area contributed by atoms with E-state index in [1.807, 2.05) is 48.5 Å². The third-order valence-electron chi connectivity index (χ3n) is 4.59. The second-order valence-electron chi connectivity index (χ2n) is 6.63. The van der Waals surface area contributed by atoms with Crippen molar-refractivity contribution in [2.45, 2.75) is 0 Å². The molecule has 0 radical (unpaired) electrons. The predicted molar refractivity (Wildman–Crippen MR) is 122 cm³/mol. The molecule has 0 spiro atoms. The molecule has 0 saturated carbocycles. The van der Waals surface area contributed by atoms with E-state index in [1.54, 1.807) is 12.1 Å². The van der Waals surface area contributed by atoms with Crippen LogP contribution >= 0.6 is 23.2 Å². The Morgan fingerprint density at radius 2 is 1.45 bits per heavy atom. The number of rotatable bonds is 4. The van der Waals surface area contributed by atoms with Gasteiger partial charge in [-0.3, -0.25) is 9.59 Å². The summed E-state index contributed by atoms with van der Waals surface area (Å²) in [4.78, 5) is 26.0. The zero-order chi connectivity index (χ0) is 22.0. The molecule has 0 fully saturated rings. The molecule has 0 aliphatic carbocycles. The molecule has 1 amide bonds.